The van der Waals surface area contributed by atoms with Crippen LogP contribution in [0.15, 0.2) is 18.2 Å². The first-order valence-corrected chi connectivity index (χ1v) is 10.2. The number of fused-ring (bicyclic) bond motifs is 1. The van der Waals surface area contributed by atoms with Gasteiger partial charge in [-0.1, -0.05) is 18.9 Å². The molecule has 1 aromatic carbocycles. The number of hydrogen-bond donors (Lipinski definition) is 2. The van der Waals surface area contributed by atoms with E-state index < -0.39 is 0 Å². The van der Waals surface area contributed by atoms with E-state index in [4.69, 9.17) is 9.47 Å². The SMILES string of the molecule is O=C(NCC1(c2ccc3c(c2)OCCO3)CCCC1)N1CCC[C@H](CO)C1. The van der Waals surface area contributed by atoms with Gasteiger partial charge in [-0.3, -0.25) is 0 Å². The summed E-state index contributed by atoms with van der Waals surface area (Å²) in [5.74, 6) is 1.84. The lowest BCUT2D eigenvalue weighted by atomic mass is 9.78. The fourth-order valence-electron chi connectivity index (χ4n) is 4.75. The van der Waals surface area contributed by atoms with Crippen LogP contribution in [0.4, 0.5) is 4.79 Å². The Hall–Kier alpha value is -1.95. The molecule has 6 heteroatoms. The first-order valence-electron chi connectivity index (χ1n) is 10.2. The minimum atomic E-state index is -0.0301. The third-order valence-corrected chi connectivity index (χ3v) is 6.36. The van der Waals surface area contributed by atoms with E-state index in [-0.39, 0.29) is 24.0 Å². The highest BCUT2D eigenvalue weighted by Crippen LogP contribution is 2.43. The zero-order chi connectivity index (χ0) is 18.7. The summed E-state index contributed by atoms with van der Waals surface area (Å²) in [6, 6.07) is 6.24. The van der Waals surface area contributed by atoms with Gasteiger partial charge in [0.25, 0.3) is 0 Å². The molecule has 1 saturated carbocycles. The van der Waals surface area contributed by atoms with E-state index in [0.29, 0.717) is 26.3 Å². The maximum Gasteiger partial charge on any atom is 0.317 e. The van der Waals surface area contributed by atoms with Crippen LogP contribution in [0.1, 0.15) is 44.1 Å². The molecule has 2 N–H and O–H groups in total. The highest BCUT2D eigenvalue weighted by molar-refractivity contribution is 5.74. The number of carbonyl (C=O) groups is 1. The van der Waals surface area contributed by atoms with E-state index in [9.17, 15) is 9.90 Å². The topological polar surface area (TPSA) is 71.0 Å². The molecule has 2 heterocycles. The number of nitrogens with zero attached hydrogens (tertiary/aromatic N) is 1. The Morgan fingerprint density at radius 2 is 1.96 bits per heavy atom. The Morgan fingerprint density at radius 1 is 1.19 bits per heavy atom. The molecule has 1 atom stereocenters. The number of carbonyl (C=O) groups excluding carboxylic acids is 1. The number of amides is 2. The molecule has 3 aliphatic rings. The van der Waals surface area contributed by atoms with Crippen LogP contribution in [0.25, 0.3) is 0 Å². The van der Waals surface area contributed by atoms with E-state index in [1.54, 1.807) is 0 Å². The highest BCUT2D eigenvalue weighted by Gasteiger charge is 2.37. The Morgan fingerprint density at radius 3 is 2.74 bits per heavy atom. The van der Waals surface area contributed by atoms with Gasteiger partial charge in [-0.2, -0.15) is 0 Å². The first-order chi connectivity index (χ1) is 13.2. The minimum Gasteiger partial charge on any atom is -0.486 e. The van der Waals surface area contributed by atoms with E-state index >= 15 is 0 Å². The molecule has 1 saturated heterocycles. The Labute approximate surface area is 160 Å². The highest BCUT2D eigenvalue weighted by atomic mass is 16.6. The van der Waals surface area contributed by atoms with Crippen LogP contribution < -0.4 is 14.8 Å². The molecule has 1 aromatic rings. The third kappa shape index (κ3) is 3.86. The fourth-order valence-corrected chi connectivity index (χ4v) is 4.75. The number of likely N-dealkylation sites (tertiary alicyclic amines) is 1. The van der Waals surface area contributed by atoms with Crippen LogP contribution in [-0.2, 0) is 5.41 Å². The number of rotatable bonds is 4. The van der Waals surface area contributed by atoms with Gasteiger partial charge >= 0.3 is 6.03 Å². The number of ether oxygens (including phenoxy) is 2. The second-order valence-corrected chi connectivity index (χ2v) is 8.14. The van der Waals surface area contributed by atoms with Gasteiger partial charge in [-0.05, 0) is 49.3 Å². The summed E-state index contributed by atoms with van der Waals surface area (Å²) < 4.78 is 11.4. The van der Waals surface area contributed by atoms with Gasteiger partial charge in [0.05, 0.1) is 0 Å². The molecular formula is C21H30N2O4. The maximum absolute atomic E-state index is 12.7. The number of hydrogen-bond acceptors (Lipinski definition) is 4. The summed E-state index contributed by atoms with van der Waals surface area (Å²) in [6.07, 6.45) is 6.48. The molecule has 0 aromatic heterocycles. The second kappa shape index (κ2) is 7.97. The molecule has 1 aliphatic carbocycles. The predicted octanol–water partition coefficient (Wildman–Crippen LogP) is 2.68. The molecule has 2 aliphatic heterocycles. The van der Waals surface area contributed by atoms with Gasteiger partial charge in [0.1, 0.15) is 13.2 Å². The van der Waals surface area contributed by atoms with Crippen molar-refractivity contribution in [2.75, 3.05) is 39.5 Å². The molecule has 0 unspecified atom stereocenters. The van der Waals surface area contributed by atoms with Crippen molar-refractivity contribution in [3.05, 3.63) is 23.8 Å². The largest absolute Gasteiger partial charge is 0.486 e. The van der Waals surface area contributed by atoms with E-state index in [2.05, 4.69) is 17.4 Å². The Bertz CT molecular complexity index is 672. The monoisotopic (exact) mass is 374 g/mol. The molecular weight excluding hydrogens is 344 g/mol. The van der Waals surface area contributed by atoms with Gasteiger partial charge < -0.3 is 24.8 Å². The zero-order valence-corrected chi connectivity index (χ0v) is 15.9. The number of aliphatic hydroxyl groups excluding tert-OH is 1. The molecule has 0 spiro atoms. The van der Waals surface area contributed by atoms with Gasteiger partial charge in [-0.15, -0.1) is 0 Å². The lowest BCUT2D eigenvalue weighted by Crippen LogP contribution is -2.49. The molecule has 4 rings (SSSR count). The molecule has 148 valence electrons. The van der Waals surface area contributed by atoms with Crippen LogP contribution in [0.5, 0.6) is 11.5 Å². The second-order valence-electron chi connectivity index (χ2n) is 8.14. The lowest BCUT2D eigenvalue weighted by Gasteiger charge is -2.35. The van der Waals surface area contributed by atoms with Crippen molar-refractivity contribution in [1.29, 1.82) is 0 Å². The van der Waals surface area contributed by atoms with Crippen LogP contribution in [-0.4, -0.2) is 55.5 Å². The average molecular weight is 374 g/mol. The molecule has 27 heavy (non-hydrogen) atoms. The quantitative estimate of drug-likeness (QED) is 0.850. The van der Waals surface area contributed by atoms with Crippen molar-refractivity contribution >= 4 is 6.03 Å². The van der Waals surface area contributed by atoms with Crippen molar-refractivity contribution in [3.8, 4) is 11.5 Å². The molecule has 0 radical (unpaired) electrons. The minimum absolute atomic E-state index is 0.00281. The van der Waals surface area contributed by atoms with Gasteiger partial charge in [0, 0.05) is 31.7 Å². The summed E-state index contributed by atoms with van der Waals surface area (Å²) in [7, 11) is 0. The van der Waals surface area contributed by atoms with E-state index in [0.717, 1.165) is 43.7 Å². The number of piperidine rings is 1. The van der Waals surface area contributed by atoms with Crippen LogP contribution in [0, 0.1) is 5.92 Å². The number of aliphatic hydroxyl groups is 1. The third-order valence-electron chi connectivity index (χ3n) is 6.36. The van der Waals surface area contributed by atoms with Crippen molar-refractivity contribution in [1.82, 2.24) is 10.2 Å². The molecule has 6 nitrogen and oxygen atoms in total. The normalized spacial score (nSPS) is 23.9. The number of nitrogens with one attached hydrogen (secondary N) is 1. The molecule has 2 amide bonds. The van der Waals surface area contributed by atoms with Crippen LogP contribution in [0.2, 0.25) is 0 Å². The summed E-state index contributed by atoms with van der Waals surface area (Å²) >= 11 is 0. The zero-order valence-electron chi connectivity index (χ0n) is 15.9. The summed E-state index contributed by atoms with van der Waals surface area (Å²) in [5.41, 5.74) is 1.20. The van der Waals surface area contributed by atoms with Crippen LogP contribution >= 0.6 is 0 Å². The summed E-state index contributed by atoms with van der Waals surface area (Å²) in [5, 5.41) is 12.6. The van der Waals surface area contributed by atoms with Crippen molar-refractivity contribution in [3.63, 3.8) is 0 Å². The van der Waals surface area contributed by atoms with E-state index in [1.165, 1.54) is 18.4 Å². The molecule has 0 bridgehead atoms. The fraction of sp³-hybridized carbons (Fsp3) is 0.667. The summed E-state index contributed by atoms with van der Waals surface area (Å²) in [4.78, 5) is 14.6. The number of benzene rings is 1. The van der Waals surface area contributed by atoms with Crippen LogP contribution in [0.3, 0.4) is 0 Å². The maximum atomic E-state index is 12.7. The first kappa shape index (κ1) is 18.4. The summed E-state index contributed by atoms with van der Waals surface area (Å²) in [6.45, 7) is 3.41. The van der Waals surface area contributed by atoms with Gasteiger partial charge in [-0.25, -0.2) is 4.79 Å². The van der Waals surface area contributed by atoms with Gasteiger partial charge in [0.15, 0.2) is 11.5 Å². The smallest absolute Gasteiger partial charge is 0.317 e. The van der Waals surface area contributed by atoms with Crippen molar-refractivity contribution < 1.29 is 19.4 Å². The Balaban J connectivity index is 1.45. The number of urea groups is 1. The predicted molar refractivity (Wildman–Crippen MR) is 102 cm³/mol. The average Bonchev–Trinajstić information content (AvgIpc) is 3.22. The van der Waals surface area contributed by atoms with Crippen molar-refractivity contribution in [2.24, 2.45) is 5.92 Å². The standard InChI is InChI=1S/C21H30N2O4/c24-14-16-4-3-9-23(13-16)20(25)22-15-21(7-1-2-8-21)17-5-6-18-19(12-17)27-11-10-26-18/h5-6,12,16,24H,1-4,7-11,13-15H2,(H,22,25)/t16-/m0/s1. The van der Waals surface area contributed by atoms with Crippen molar-refractivity contribution in [2.45, 2.75) is 43.9 Å². The van der Waals surface area contributed by atoms with E-state index in [1.807, 2.05) is 11.0 Å². The lowest BCUT2D eigenvalue weighted by molar-refractivity contribution is 0.128. The molecule has 2 fully saturated rings. The van der Waals surface area contributed by atoms with Gasteiger partial charge in [0.2, 0.25) is 0 Å². The Kier molecular flexibility index (Phi) is 5.43.